The lowest BCUT2D eigenvalue weighted by Gasteiger charge is -2.19. The number of hydrogen-bond donors (Lipinski definition) is 1. The van der Waals surface area contributed by atoms with Crippen molar-refractivity contribution in [2.24, 2.45) is 4.99 Å². The van der Waals surface area contributed by atoms with Crippen LogP contribution in [0.15, 0.2) is 40.2 Å². The predicted molar refractivity (Wildman–Crippen MR) is 79.9 cm³/mol. The summed E-state index contributed by atoms with van der Waals surface area (Å²) in [6, 6.07) is 5.15. The fourth-order valence-electron chi connectivity index (χ4n) is 1.95. The zero-order chi connectivity index (χ0) is 14.8. The highest BCUT2D eigenvalue weighted by Crippen LogP contribution is 2.30. The summed E-state index contributed by atoms with van der Waals surface area (Å²) in [5.41, 5.74) is 0.876. The molecule has 3 rings (SSSR count). The fraction of sp³-hybridized carbons (Fsp3) is 0.154. The number of para-hydroxylation sites is 1. The van der Waals surface area contributed by atoms with Gasteiger partial charge in [-0.3, -0.25) is 14.7 Å². The van der Waals surface area contributed by atoms with Crippen molar-refractivity contribution in [3.63, 3.8) is 0 Å². The molecule has 21 heavy (non-hydrogen) atoms. The molecule has 1 amide bonds. The molecule has 6 nitrogen and oxygen atoms in total. The third-order valence-electron chi connectivity index (χ3n) is 2.96. The first-order valence-electron chi connectivity index (χ1n) is 6.13. The molecule has 0 radical (unpaired) electrons. The van der Waals surface area contributed by atoms with E-state index in [4.69, 9.17) is 23.2 Å². The first kappa shape index (κ1) is 13.9. The van der Waals surface area contributed by atoms with Crippen LogP contribution in [0.5, 0.6) is 0 Å². The summed E-state index contributed by atoms with van der Waals surface area (Å²) in [6.45, 7) is 0.968. The van der Waals surface area contributed by atoms with Crippen LogP contribution in [0.2, 0.25) is 10.0 Å². The van der Waals surface area contributed by atoms with E-state index >= 15 is 0 Å². The molecule has 0 atom stereocenters. The Morgan fingerprint density at radius 3 is 2.76 bits per heavy atom. The van der Waals surface area contributed by atoms with E-state index in [1.54, 1.807) is 18.2 Å². The summed E-state index contributed by atoms with van der Waals surface area (Å²) < 4.78 is 4.69. The molecule has 0 unspecified atom stereocenters. The highest BCUT2D eigenvalue weighted by molar-refractivity contribution is 6.40. The van der Waals surface area contributed by atoms with E-state index in [2.05, 4.69) is 20.0 Å². The van der Waals surface area contributed by atoms with E-state index in [9.17, 15) is 4.79 Å². The van der Waals surface area contributed by atoms with Gasteiger partial charge in [0.05, 0.1) is 34.0 Å². The number of rotatable bonds is 2. The van der Waals surface area contributed by atoms with Crippen LogP contribution >= 0.6 is 23.2 Å². The molecule has 1 aromatic heterocycles. The van der Waals surface area contributed by atoms with Crippen molar-refractivity contribution < 1.29 is 9.32 Å². The molecule has 0 saturated heterocycles. The normalized spacial score (nSPS) is 14.2. The lowest BCUT2D eigenvalue weighted by molar-refractivity contribution is 0.0857. The molecule has 0 aliphatic carbocycles. The van der Waals surface area contributed by atoms with Gasteiger partial charge >= 0.3 is 0 Å². The minimum absolute atomic E-state index is 0.247. The molecule has 0 fully saturated rings. The van der Waals surface area contributed by atoms with E-state index in [0.717, 1.165) is 0 Å². The Balaban J connectivity index is 1.84. The van der Waals surface area contributed by atoms with Gasteiger partial charge in [0.15, 0.2) is 0 Å². The van der Waals surface area contributed by atoms with E-state index in [1.807, 2.05) is 0 Å². The van der Waals surface area contributed by atoms with Gasteiger partial charge in [-0.2, -0.15) is 0 Å². The summed E-state index contributed by atoms with van der Waals surface area (Å²) in [7, 11) is 0. The minimum Gasteiger partial charge on any atom is -0.364 e. The average Bonchev–Trinajstić information content (AvgIpc) is 3.13. The van der Waals surface area contributed by atoms with Crippen LogP contribution in [0.25, 0.3) is 0 Å². The first-order valence-corrected chi connectivity index (χ1v) is 6.89. The van der Waals surface area contributed by atoms with Gasteiger partial charge in [-0.15, -0.1) is 0 Å². The van der Waals surface area contributed by atoms with Gasteiger partial charge < -0.3 is 9.84 Å². The molecular weight excluding hydrogens is 315 g/mol. The Labute approximate surface area is 130 Å². The minimum atomic E-state index is -0.247. The number of guanidine groups is 1. The zero-order valence-corrected chi connectivity index (χ0v) is 12.2. The van der Waals surface area contributed by atoms with Gasteiger partial charge in [0, 0.05) is 6.54 Å². The van der Waals surface area contributed by atoms with Crippen molar-refractivity contribution in [1.29, 1.82) is 0 Å². The molecule has 8 heteroatoms. The Kier molecular flexibility index (Phi) is 3.81. The molecule has 108 valence electrons. The number of aliphatic imine (C=N–C) groups is 1. The monoisotopic (exact) mass is 324 g/mol. The highest BCUT2D eigenvalue weighted by Gasteiger charge is 2.26. The first-order chi connectivity index (χ1) is 10.2. The van der Waals surface area contributed by atoms with Crippen molar-refractivity contribution in [3.8, 4) is 0 Å². The number of nitrogens with one attached hydrogen (secondary N) is 1. The van der Waals surface area contributed by atoms with Gasteiger partial charge in [-0.05, 0) is 12.1 Å². The van der Waals surface area contributed by atoms with Crippen LogP contribution in [0.3, 0.4) is 0 Å². The standard InChI is InChI=1S/C13H10Cl2N4O2/c14-9-2-1-3-10(15)11(9)18-13-16-4-5-19(13)12(20)8-6-17-21-7-8/h1-3,6-7H,4-5H2,(H,16,18). The fourth-order valence-corrected chi connectivity index (χ4v) is 2.44. The summed E-state index contributed by atoms with van der Waals surface area (Å²) in [6.07, 6.45) is 2.65. The van der Waals surface area contributed by atoms with Crippen LogP contribution in [0, 0.1) is 0 Å². The van der Waals surface area contributed by atoms with Crippen molar-refractivity contribution in [1.82, 2.24) is 10.1 Å². The second-order valence-corrected chi connectivity index (χ2v) is 5.11. The Morgan fingerprint density at radius 2 is 2.10 bits per heavy atom. The van der Waals surface area contributed by atoms with E-state index < -0.39 is 0 Å². The lowest BCUT2D eigenvalue weighted by Crippen LogP contribution is -2.38. The van der Waals surface area contributed by atoms with E-state index in [-0.39, 0.29) is 5.91 Å². The maximum atomic E-state index is 12.3. The van der Waals surface area contributed by atoms with Crippen LogP contribution < -0.4 is 5.32 Å². The molecule has 1 aliphatic heterocycles. The molecule has 2 aromatic rings. The van der Waals surface area contributed by atoms with Gasteiger partial charge in [0.1, 0.15) is 6.26 Å². The molecule has 0 saturated carbocycles. The second kappa shape index (κ2) is 5.75. The molecule has 0 bridgehead atoms. The van der Waals surface area contributed by atoms with E-state index in [0.29, 0.717) is 40.3 Å². The van der Waals surface area contributed by atoms with Gasteiger partial charge in [-0.25, -0.2) is 0 Å². The summed E-state index contributed by atoms with van der Waals surface area (Å²) in [4.78, 5) is 18.1. The molecular formula is C13H10Cl2N4O2. The number of anilines is 1. The van der Waals surface area contributed by atoms with Crippen molar-refractivity contribution >= 4 is 40.8 Å². The van der Waals surface area contributed by atoms with Crippen LogP contribution in [-0.2, 0) is 0 Å². The van der Waals surface area contributed by atoms with Crippen LogP contribution in [0.1, 0.15) is 10.4 Å². The Hall–Kier alpha value is -2.05. The van der Waals surface area contributed by atoms with Gasteiger partial charge in [-0.1, -0.05) is 34.4 Å². The number of benzene rings is 1. The Morgan fingerprint density at radius 1 is 1.33 bits per heavy atom. The lowest BCUT2D eigenvalue weighted by atomic mass is 10.3. The average molecular weight is 325 g/mol. The zero-order valence-electron chi connectivity index (χ0n) is 10.7. The van der Waals surface area contributed by atoms with Crippen molar-refractivity contribution in [2.45, 2.75) is 0 Å². The number of aromatic nitrogens is 1. The maximum absolute atomic E-state index is 12.3. The van der Waals surface area contributed by atoms with Crippen molar-refractivity contribution in [3.05, 3.63) is 46.3 Å². The summed E-state index contributed by atoms with van der Waals surface area (Å²) in [5.74, 6) is 0.152. The van der Waals surface area contributed by atoms with Crippen LogP contribution in [0.4, 0.5) is 5.69 Å². The predicted octanol–water partition coefficient (Wildman–Crippen LogP) is 2.91. The largest absolute Gasteiger partial charge is 0.364 e. The van der Waals surface area contributed by atoms with E-state index in [1.165, 1.54) is 17.4 Å². The Bertz CT molecular complexity index is 680. The number of hydrogen-bond acceptors (Lipinski definition) is 5. The molecule has 1 aliphatic rings. The smallest absolute Gasteiger partial charge is 0.265 e. The number of amides is 1. The van der Waals surface area contributed by atoms with Gasteiger partial charge in [0.25, 0.3) is 5.91 Å². The number of carbonyl (C=O) groups is 1. The maximum Gasteiger partial charge on any atom is 0.265 e. The van der Waals surface area contributed by atoms with Gasteiger partial charge in [0.2, 0.25) is 5.96 Å². The molecule has 1 aromatic carbocycles. The topological polar surface area (TPSA) is 70.7 Å². The molecule has 2 heterocycles. The van der Waals surface area contributed by atoms with Crippen molar-refractivity contribution in [2.75, 3.05) is 18.4 Å². The SMILES string of the molecule is O=C(c1cnoc1)N1CCN=C1Nc1c(Cl)cccc1Cl. The quantitative estimate of drug-likeness (QED) is 0.922. The molecule has 1 N–H and O–H groups in total. The number of nitrogens with zero attached hydrogens (tertiary/aromatic N) is 3. The third kappa shape index (κ3) is 2.72. The van der Waals surface area contributed by atoms with Crippen LogP contribution in [-0.4, -0.2) is 35.0 Å². The number of halogens is 2. The second-order valence-electron chi connectivity index (χ2n) is 4.30. The summed E-state index contributed by atoms with van der Waals surface area (Å²) in [5, 5.41) is 7.44. The summed E-state index contributed by atoms with van der Waals surface area (Å²) >= 11 is 12.2. The molecule has 0 spiro atoms. The number of carbonyl (C=O) groups excluding carboxylic acids is 1. The highest BCUT2D eigenvalue weighted by atomic mass is 35.5. The third-order valence-corrected chi connectivity index (χ3v) is 3.59.